The Labute approximate surface area is 131 Å². The van der Waals surface area contributed by atoms with Crippen molar-refractivity contribution in [1.82, 2.24) is 4.98 Å². The van der Waals surface area contributed by atoms with Crippen LogP contribution in [0.2, 0.25) is 0 Å². The summed E-state index contributed by atoms with van der Waals surface area (Å²) >= 11 is 0. The summed E-state index contributed by atoms with van der Waals surface area (Å²) in [7, 11) is 0. The van der Waals surface area contributed by atoms with Crippen LogP contribution in [0.25, 0.3) is 6.08 Å². The zero-order valence-electron chi connectivity index (χ0n) is 13.0. The van der Waals surface area contributed by atoms with E-state index in [1.807, 2.05) is 18.2 Å². The quantitative estimate of drug-likeness (QED) is 0.459. The largest absolute Gasteiger partial charge is 0.459 e. The first-order valence-electron chi connectivity index (χ1n) is 6.57. The third kappa shape index (κ3) is 9.25. The zero-order valence-corrected chi connectivity index (χ0v) is 13.0. The number of nitrogens with zero attached hydrogens (tertiary/aromatic N) is 1. The molecule has 0 aliphatic carbocycles. The number of carbonyl (C=O) groups excluding carboxylic acids is 2. The van der Waals surface area contributed by atoms with Crippen LogP contribution in [0.5, 0.6) is 0 Å². The highest BCUT2D eigenvalue weighted by molar-refractivity contribution is 5.87. The molecule has 0 saturated heterocycles. The number of pyridine rings is 1. The molecular formula is C17H21NO4. The summed E-state index contributed by atoms with van der Waals surface area (Å²) in [6, 6.07) is 5.73. The smallest absolute Gasteiger partial charge is 0.333 e. The van der Waals surface area contributed by atoms with Crippen molar-refractivity contribution in [3.8, 4) is 0 Å². The highest BCUT2D eigenvalue weighted by Crippen LogP contribution is 1.94. The van der Waals surface area contributed by atoms with Gasteiger partial charge in [0.1, 0.15) is 13.2 Å². The Kier molecular flexibility index (Phi) is 9.67. The number of esters is 2. The minimum absolute atomic E-state index is 0.0325. The fourth-order valence-corrected chi connectivity index (χ4v) is 1.01. The van der Waals surface area contributed by atoms with Crippen LogP contribution in [0.15, 0.2) is 55.3 Å². The van der Waals surface area contributed by atoms with Crippen LogP contribution in [-0.4, -0.2) is 30.1 Å². The van der Waals surface area contributed by atoms with E-state index in [1.165, 1.54) is 0 Å². The molecule has 0 saturated carbocycles. The van der Waals surface area contributed by atoms with Crippen molar-refractivity contribution in [1.29, 1.82) is 0 Å². The minimum Gasteiger partial charge on any atom is -0.459 e. The summed E-state index contributed by atoms with van der Waals surface area (Å²) in [4.78, 5) is 25.7. The summed E-state index contributed by atoms with van der Waals surface area (Å²) < 4.78 is 9.38. The maximum Gasteiger partial charge on any atom is 0.333 e. The monoisotopic (exact) mass is 303 g/mol. The van der Waals surface area contributed by atoms with Crippen LogP contribution >= 0.6 is 0 Å². The molecule has 118 valence electrons. The second-order valence-corrected chi connectivity index (χ2v) is 4.29. The van der Waals surface area contributed by atoms with Gasteiger partial charge in [0.25, 0.3) is 0 Å². The van der Waals surface area contributed by atoms with Crippen molar-refractivity contribution in [3.63, 3.8) is 0 Å². The number of ether oxygens (including phenoxy) is 2. The van der Waals surface area contributed by atoms with Gasteiger partial charge in [0, 0.05) is 17.3 Å². The molecule has 0 N–H and O–H groups in total. The van der Waals surface area contributed by atoms with Gasteiger partial charge in [-0.25, -0.2) is 9.59 Å². The van der Waals surface area contributed by atoms with Crippen molar-refractivity contribution in [3.05, 3.63) is 61.0 Å². The van der Waals surface area contributed by atoms with Gasteiger partial charge in [0.15, 0.2) is 0 Å². The molecule has 0 aliphatic heterocycles. The summed E-state index contributed by atoms with van der Waals surface area (Å²) in [5, 5.41) is 0. The predicted octanol–water partition coefficient (Wildman–Crippen LogP) is 2.95. The lowest BCUT2D eigenvalue weighted by atomic mass is 10.4. The molecular weight excluding hydrogens is 282 g/mol. The molecule has 0 aromatic carbocycles. The SMILES string of the molecule is C=C(C)C(=O)OCCOC(=O)C(=C)C.C=Cc1ccccn1. The third-order valence-electron chi connectivity index (χ3n) is 2.14. The van der Waals surface area contributed by atoms with Gasteiger partial charge in [0.05, 0.1) is 5.69 Å². The molecule has 22 heavy (non-hydrogen) atoms. The molecule has 0 aliphatic rings. The van der Waals surface area contributed by atoms with Gasteiger partial charge in [-0.2, -0.15) is 0 Å². The topological polar surface area (TPSA) is 65.5 Å². The van der Waals surface area contributed by atoms with Gasteiger partial charge in [-0.15, -0.1) is 0 Å². The van der Waals surface area contributed by atoms with Crippen molar-refractivity contribution in [2.75, 3.05) is 13.2 Å². The van der Waals surface area contributed by atoms with E-state index in [1.54, 1.807) is 26.1 Å². The first-order valence-corrected chi connectivity index (χ1v) is 6.57. The lowest BCUT2D eigenvalue weighted by Gasteiger charge is -2.05. The maximum atomic E-state index is 10.8. The van der Waals surface area contributed by atoms with E-state index in [4.69, 9.17) is 0 Å². The Bertz CT molecular complexity index is 507. The lowest BCUT2D eigenvalue weighted by Crippen LogP contribution is -2.14. The van der Waals surface area contributed by atoms with Crippen molar-refractivity contribution >= 4 is 18.0 Å². The van der Waals surface area contributed by atoms with E-state index in [0.29, 0.717) is 11.1 Å². The molecule has 0 radical (unpaired) electrons. The third-order valence-corrected chi connectivity index (χ3v) is 2.14. The Morgan fingerprint density at radius 3 is 1.86 bits per heavy atom. The van der Waals surface area contributed by atoms with Crippen LogP contribution in [0.3, 0.4) is 0 Å². The van der Waals surface area contributed by atoms with E-state index in [-0.39, 0.29) is 13.2 Å². The van der Waals surface area contributed by atoms with Gasteiger partial charge in [-0.1, -0.05) is 25.8 Å². The van der Waals surface area contributed by atoms with E-state index >= 15 is 0 Å². The number of hydrogen-bond donors (Lipinski definition) is 0. The van der Waals surface area contributed by atoms with Crippen LogP contribution in [0, 0.1) is 0 Å². The molecule has 5 nitrogen and oxygen atoms in total. The lowest BCUT2D eigenvalue weighted by molar-refractivity contribution is -0.147. The molecule has 0 amide bonds. The Morgan fingerprint density at radius 1 is 1.09 bits per heavy atom. The van der Waals surface area contributed by atoms with E-state index in [9.17, 15) is 9.59 Å². The van der Waals surface area contributed by atoms with Gasteiger partial charge < -0.3 is 9.47 Å². The Hall–Kier alpha value is -2.69. The summed E-state index contributed by atoms with van der Waals surface area (Å²) in [6.45, 7) is 13.5. The fraction of sp³-hybridized carbons (Fsp3) is 0.235. The molecule has 1 heterocycles. The Balaban J connectivity index is 0.000000461. The molecule has 0 fully saturated rings. The van der Waals surface area contributed by atoms with Crippen LogP contribution in [0.1, 0.15) is 19.5 Å². The fourth-order valence-electron chi connectivity index (χ4n) is 1.01. The molecule has 5 heteroatoms. The molecule has 0 unspecified atom stereocenters. The van der Waals surface area contributed by atoms with Crippen molar-refractivity contribution in [2.45, 2.75) is 13.8 Å². The van der Waals surface area contributed by atoms with E-state index in [0.717, 1.165) is 5.69 Å². The molecule has 1 aromatic rings. The molecule has 1 rings (SSSR count). The highest BCUT2D eigenvalue weighted by atomic mass is 16.6. The molecule has 1 aromatic heterocycles. The van der Waals surface area contributed by atoms with Gasteiger partial charge in [0.2, 0.25) is 0 Å². The number of carbonyl (C=O) groups is 2. The Morgan fingerprint density at radius 2 is 1.59 bits per heavy atom. The van der Waals surface area contributed by atoms with Crippen LogP contribution < -0.4 is 0 Å². The average molecular weight is 303 g/mol. The first kappa shape index (κ1) is 19.3. The highest BCUT2D eigenvalue weighted by Gasteiger charge is 2.05. The standard InChI is InChI=1S/C10H14O4.C7H7N/c1-7(2)9(11)13-5-6-14-10(12)8(3)4;1-2-7-5-3-4-6-8-7/h1,3,5-6H2,2,4H3;2-6H,1H2. The molecule has 0 bridgehead atoms. The van der Waals surface area contributed by atoms with Crippen molar-refractivity contribution < 1.29 is 19.1 Å². The summed E-state index contributed by atoms with van der Waals surface area (Å²) in [5.74, 6) is -0.979. The minimum atomic E-state index is -0.489. The average Bonchev–Trinajstić information content (AvgIpc) is 2.52. The van der Waals surface area contributed by atoms with Gasteiger partial charge in [-0.05, 0) is 32.1 Å². The number of hydrogen-bond acceptors (Lipinski definition) is 5. The van der Waals surface area contributed by atoms with E-state index in [2.05, 4.69) is 34.2 Å². The second-order valence-electron chi connectivity index (χ2n) is 4.29. The summed E-state index contributed by atoms with van der Waals surface area (Å²) in [5.41, 5.74) is 1.56. The van der Waals surface area contributed by atoms with Gasteiger partial charge in [-0.3, -0.25) is 4.98 Å². The maximum absolute atomic E-state index is 10.8. The first-order chi connectivity index (χ1) is 10.4. The van der Waals surface area contributed by atoms with Crippen molar-refractivity contribution in [2.24, 2.45) is 0 Å². The predicted molar refractivity (Wildman–Crippen MR) is 85.9 cm³/mol. The molecule has 0 spiro atoms. The summed E-state index contributed by atoms with van der Waals surface area (Å²) in [6.07, 6.45) is 3.47. The van der Waals surface area contributed by atoms with Crippen LogP contribution in [-0.2, 0) is 19.1 Å². The van der Waals surface area contributed by atoms with Gasteiger partial charge >= 0.3 is 11.9 Å². The normalized spacial score (nSPS) is 8.82. The van der Waals surface area contributed by atoms with E-state index < -0.39 is 11.9 Å². The zero-order chi connectivity index (χ0) is 17.0. The second kappa shape index (κ2) is 11.0. The number of aromatic nitrogens is 1. The number of rotatable bonds is 6. The molecule has 0 atom stereocenters. The van der Waals surface area contributed by atoms with Crippen LogP contribution in [0.4, 0.5) is 0 Å².